The number of carbonyl (C=O) groups is 1. The van der Waals surface area contributed by atoms with E-state index >= 15 is 0 Å². The van der Waals surface area contributed by atoms with Crippen LogP contribution in [-0.2, 0) is 13.0 Å². The molecule has 8 heteroatoms. The normalized spacial score (nSPS) is 10.8. The van der Waals surface area contributed by atoms with Gasteiger partial charge in [-0.1, -0.05) is 16.8 Å². The van der Waals surface area contributed by atoms with Gasteiger partial charge in [-0.25, -0.2) is 0 Å². The van der Waals surface area contributed by atoms with Gasteiger partial charge in [0.25, 0.3) is 5.91 Å². The summed E-state index contributed by atoms with van der Waals surface area (Å²) in [5.41, 5.74) is 2.25. The average Bonchev–Trinajstić information content (AvgIpc) is 3.22. The Balaban J connectivity index is 1.56. The summed E-state index contributed by atoms with van der Waals surface area (Å²) in [4.78, 5) is 16.5. The van der Waals surface area contributed by atoms with Crippen molar-refractivity contribution in [2.24, 2.45) is 0 Å². The Morgan fingerprint density at radius 1 is 1.32 bits per heavy atom. The van der Waals surface area contributed by atoms with Gasteiger partial charge in [0, 0.05) is 35.8 Å². The van der Waals surface area contributed by atoms with E-state index in [1.807, 2.05) is 26.0 Å². The number of hydrogen-bond donors (Lipinski definition) is 1. The lowest BCUT2D eigenvalue weighted by atomic mass is 10.2. The number of nitrogens with one attached hydrogen (secondary N) is 1. The van der Waals surface area contributed by atoms with Gasteiger partial charge in [0.15, 0.2) is 0 Å². The summed E-state index contributed by atoms with van der Waals surface area (Å²) in [6.07, 6.45) is 2.03. The van der Waals surface area contributed by atoms with E-state index < -0.39 is 0 Å². The Morgan fingerprint density at radius 3 is 2.76 bits per heavy atom. The standard InChI is InChI=1S/C17H18ClN5O2/c1-3-23-11(2)14(10-20-23)17(24)19-9-8-15-21-16(22-25-15)12-4-6-13(18)7-5-12/h4-7,10H,3,8-9H2,1-2H3,(H,19,24). The van der Waals surface area contributed by atoms with Gasteiger partial charge in [-0.2, -0.15) is 10.1 Å². The Bertz CT molecular complexity index is 870. The molecule has 1 N–H and O–H groups in total. The van der Waals surface area contributed by atoms with Crippen LogP contribution in [0.25, 0.3) is 11.4 Å². The number of nitrogens with zero attached hydrogens (tertiary/aromatic N) is 4. The van der Waals surface area contributed by atoms with Crippen LogP contribution in [0.1, 0.15) is 28.9 Å². The first-order valence-corrected chi connectivity index (χ1v) is 8.35. The summed E-state index contributed by atoms with van der Waals surface area (Å²) >= 11 is 5.86. The van der Waals surface area contributed by atoms with E-state index in [1.165, 1.54) is 0 Å². The van der Waals surface area contributed by atoms with E-state index in [-0.39, 0.29) is 5.91 Å². The van der Waals surface area contributed by atoms with Gasteiger partial charge in [0.1, 0.15) is 0 Å². The summed E-state index contributed by atoms with van der Waals surface area (Å²) in [6, 6.07) is 7.19. The quantitative estimate of drug-likeness (QED) is 0.731. The lowest BCUT2D eigenvalue weighted by Crippen LogP contribution is -2.26. The van der Waals surface area contributed by atoms with Crippen molar-refractivity contribution in [3.05, 3.63) is 52.6 Å². The molecule has 0 bridgehead atoms. The first-order valence-electron chi connectivity index (χ1n) is 7.97. The summed E-state index contributed by atoms with van der Waals surface area (Å²) in [7, 11) is 0. The maximum absolute atomic E-state index is 12.2. The van der Waals surface area contributed by atoms with Crippen LogP contribution in [0, 0.1) is 6.92 Å². The maximum Gasteiger partial charge on any atom is 0.254 e. The van der Waals surface area contributed by atoms with Gasteiger partial charge >= 0.3 is 0 Å². The number of amides is 1. The molecule has 3 rings (SSSR count). The zero-order valence-electron chi connectivity index (χ0n) is 14.0. The highest BCUT2D eigenvalue weighted by atomic mass is 35.5. The zero-order valence-corrected chi connectivity index (χ0v) is 14.7. The van der Waals surface area contributed by atoms with E-state index in [0.717, 1.165) is 17.8 Å². The van der Waals surface area contributed by atoms with Crippen molar-refractivity contribution in [1.29, 1.82) is 0 Å². The molecule has 0 aliphatic rings. The van der Waals surface area contributed by atoms with Crippen LogP contribution in [0.5, 0.6) is 0 Å². The fourth-order valence-corrected chi connectivity index (χ4v) is 2.57. The van der Waals surface area contributed by atoms with E-state index in [4.69, 9.17) is 16.1 Å². The lowest BCUT2D eigenvalue weighted by Gasteiger charge is -2.03. The third-order valence-electron chi connectivity index (χ3n) is 3.84. The van der Waals surface area contributed by atoms with Crippen molar-refractivity contribution in [3.63, 3.8) is 0 Å². The largest absolute Gasteiger partial charge is 0.351 e. The molecule has 0 radical (unpaired) electrons. The fraction of sp³-hybridized carbons (Fsp3) is 0.294. The third-order valence-corrected chi connectivity index (χ3v) is 4.09. The number of hydrogen-bond acceptors (Lipinski definition) is 5. The van der Waals surface area contributed by atoms with Crippen molar-refractivity contribution < 1.29 is 9.32 Å². The highest BCUT2D eigenvalue weighted by Crippen LogP contribution is 2.18. The molecular formula is C17H18ClN5O2. The summed E-state index contributed by atoms with van der Waals surface area (Å²) in [6.45, 7) is 4.99. The minimum Gasteiger partial charge on any atom is -0.351 e. The Hall–Kier alpha value is -2.67. The van der Waals surface area contributed by atoms with Crippen LogP contribution >= 0.6 is 11.6 Å². The van der Waals surface area contributed by atoms with Gasteiger partial charge in [0.2, 0.25) is 11.7 Å². The number of halogens is 1. The highest BCUT2D eigenvalue weighted by molar-refractivity contribution is 6.30. The van der Waals surface area contributed by atoms with E-state index in [2.05, 4.69) is 20.6 Å². The molecule has 3 aromatic rings. The lowest BCUT2D eigenvalue weighted by molar-refractivity contribution is 0.0952. The number of benzene rings is 1. The molecule has 1 amide bonds. The molecule has 2 heterocycles. The van der Waals surface area contributed by atoms with Crippen molar-refractivity contribution in [1.82, 2.24) is 25.2 Å². The smallest absolute Gasteiger partial charge is 0.254 e. The van der Waals surface area contributed by atoms with Gasteiger partial charge in [-0.3, -0.25) is 9.48 Å². The second-order valence-corrected chi connectivity index (χ2v) is 5.92. The highest BCUT2D eigenvalue weighted by Gasteiger charge is 2.14. The van der Waals surface area contributed by atoms with Crippen molar-refractivity contribution >= 4 is 17.5 Å². The van der Waals surface area contributed by atoms with Gasteiger partial charge in [0.05, 0.1) is 11.8 Å². The van der Waals surface area contributed by atoms with Crippen LogP contribution < -0.4 is 5.32 Å². The van der Waals surface area contributed by atoms with Crippen molar-refractivity contribution in [2.75, 3.05) is 6.54 Å². The van der Waals surface area contributed by atoms with Gasteiger partial charge < -0.3 is 9.84 Å². The second-order valence-electron chi connectivity index (χ2n) is 5.48. The predicted octanol–water partition coefficient (Wildman–Crippen LogP) is 2.89. The van der Waals surface area contributed by atoms with Crippen LogP contribution in [0.15, 0.2) is 35.0 Å². The van der Waals surface area contributed by atoms with Gasteiger partial charge in [-0.15, -0.1) is 0 Å². The first-order chi connectivity index (χ1) is 12.1. The Morgan fingerprint density at radius 2 is 2.08 bits per heavy atom. The molecule has 0 aliphatic heterocycles. The molecule has 7 nitrogen and oxygen atoms in total. The van der Waals surface area contributed by atoms with E-state index in [1.54, 1.807) is 23.0 Å². The monoisotopic (exact) mass is 359 g/mol. The Labute approximate surface area is 150 Å². The maximum atomic E-state index is 12.2. The molecule has 0 saturated carbocycles. The molecule has 25 heavy (non-hydrogen) atoms. The molecule has 0 unspecified atom stereocenters. The molecule has 130 valence electrons. The number of aromatic nitrogens is 4. The molecule has 0 saturated heterocycles. The summed E-state index contributed by atoms with van der Waals surface area (Å²) < 4.78 is 7.00. The first kappa shape index (κ1) is 17.2. The number of aryl methyl sites for hydroxylation is 1. The number of carbonyl (C=O) groups excluding carboxylic acids is 1. The molecule has 0 fully saturated rings. The summed E-state index contributed by atoms with van der Waals surface area (Å²) in [5.74, 6) is 0.805. The fourth-order valence-electron chi connectivity index (χ4n) is 2.44. The van der Waals surface area contributed by atoms with Crippen LogP contribution in [0.3, 0.4) is 0 Å². The zero-order chi connectivity index (χ0) is 17.8. The third kappa shape index (κ3) is 3.88. The van der Waals surface area contributed by atoms with Crippen LogP contribution in [0.4, 0.5) is 0 Å². The molecule has 0 spiro atoms. The molecule has 0 atom stereocenters. The second kappa shape index (κ2) is 7.48. The average molecular weight is 360 g/mol. The Kier molecular flexibility index (Phi) is 5.14. The van der Waals surface area contributed by atoms with Crippen LogP contribution in [0.2, 0.25) is 5.02 Å². The van der Waals surface area contributed by atoms with Gasteiger partial charge in [-0.05, 0) is 38.1 Å². The molecule has 0 aliphatic carbocycles. The molecular weight excluding hydrogens is 342 g/mol. The van der Waals surface area contributed by atoms with E-state index in [9.17, 15) is 4.79 Å². The van der Waals surface area contributed by atoms with Crippen molar-refractivity contribution in [2.45, 2.75) is 26.8 Å². The SMILES string of the molecule is CCn1ncc(C(=O)NCCc2nc(-c3ccc(Cl)cc3)no2)c1C. The molecule has 1 aromatic carbocycles. The number of rotatable bonds is 6. The molecule has 2 aromatic heterocycles. The summed E-state index contributed by atoms with van der Waals surface area (Å²) in [5, 5.41) is 11.6. The minimum atomic E-state index is -0.158. The van der Waals surface area contributed by atoms with Crippen LogP contribution in [-0.4, -0.2) is 32.4 Å². The minimum absolute atomic E-state index is 0.158. The van der Waals surface area contributed by atoms with Crippen molar-refractivity contribution in [3.8, 4) is 11.4 Å². The topological polar surface area (TPSA) is 85.8 Å². The van der Waals surface area contributed by atoms with E-state index in [0.29, 0.717) is 35.3 Å². The predicted molar refractivity (Wildman–Crippen MR) is 93.4 cm³/mol.